The number of nitrogens with one attached hydrogen (secondary N) is 2. The number of furan rings is 1. The van der Waals surface area contributed by atoms with Gasteiger partial charge in [-0.2, -0.15) is 5.10 Å². The molecule has 0 aliphatic heterocycles. The molecular formula is C14H12N4O5. The van der Waals surface area contributed by atoms with Gasteiger partial charge in [0.15, 0.2) is 5.69 Å². The third-order valence-corrected chi connectivity index (χ3v) is 3.35. The van der Waals surface area contributed by atoms with Gasteiger partial charge in [0.25, 0.3) is 11.6 Å². The summed E-state index contributed by atoms with van der Waals surface area (Å²) in [6, 6.07) is 6.60. The summed E-state index contributed by atoms with van der Waals surface area (Å²) in [5.41, 5.74) is 0.366. The third-order valence-electron chi connectivity index (χ3n) is 3.35. The van der Waals surface area contributed by atoms with Crippen molar-refractivity contribution in [3.63, 3.8) is 0 Å². The molecule has 1 unspecified atom stereocenters. The van der Waals surface area contributed by atoms with Gasteiger partial charge in [0, 0.05) is 17.5 Å². The number of aliphatic hydroxyl groups is 1. The lowest BCUT2D eigenvalue weighted by atomic mass is 10.1. The number of rotatable bonds is 5. The van der Waals surface area contributed by atoms with Crippen LogP contribution in [-0.4, -0.2) is 32.7 Å². The van der Waals surface area contributed by atoms with Gasteiger partial charge >= 0.3 is 0 Å². The number of benzene rings is 1. The molecule has 118 valence electrons. The van der Waals surface area contributed by atoms with Gasteiger partial charge in [0.2, 0.25) is 0 Å². The molecule has 2 aromatic heterocycles. The zero-order valence-corrected chi connectivity index (χ0v) is 11.7. The maximum Gasteiger partial charge on any atom is 0.273 e. The first-order chi connectivity index (χ1) is 11.1. The fourth-order valence-electron chi connectivity index (χ4n) is 2.21. The lowest BCUT2D eigenvalue weighted by Gasteiger charge is -2.12. The van der Waals surface area contributed by atoms with Crippen molar-refractivity contribution in [1.29, 1.82) is 0 Å². The van der Waals surface area contributed by atoms with E-state index in [1.165, 1.54) is 24.5 Å². The van der Waals surface area contributed by atoms with Gasteiger partial charge in [-0.15, -0.1) is 0 Å². The highest BCUT2D eigenvalue weighted by Gasteiger charge is 2.21. The zero-order valence-electron chi connectivity index (χ0n) is 11.7. The van der Waals surface area contributed by atoms with Gasteiger partial charge in [-0.3, -0.25) is 20.0 Å². The van der Waals surface area contributed by atoms with E-state index in [1.54, 1.807) is 12.1 Å². The topological polar surface area (TPSA) is 134 Å². The molecule has 0 fully saturated rings. The number of nitrogens with zero attached hydrogens (tertiary/aromatic N) is 2. The van der Waals surface area contributed by atoms with Crippen LogP contribution in [0.2, 0.25) is 0 Å². The summed E-state index contributed by atoms with van der Waals surface area (Å²) in [4.78, 5) is 22.7. The minimum atomic E-state index is -0.733. The molecule has 9 nitrogen and oxygen atoms in total. The number of aromatic nitrogens is 2. The van der Waals surface area contributed by atoms with Crippen molar-refractivity contribution < 1.29 is 19.2 Å². The molecule has 0 radical (unpaired) electrons. The standard InChI is InChI=1S/C14H12N4O5/c19-7-11(12-2-1-5-23-12)15-14(20)13-9-6-8(18(21)22)3-4-10(9)16-17-13/h1-6,11,19H,7H2,(H,15,20)(H,16,17). The first-order valence-corrected chi connectivity index (χ1v) is 6.68. The quantitative estimate of drug-likeness (QED) is 0.482. The first kappa shape index (κ1) is 14.7. The Labute approximate surface area is 129 Å². The molecule has 9 heteroatoms. The summed E-state index contributed by atoms with van der Waals surface area (Å²) in [5, 5.41) is 29.7. The first-order valence-electron chi connectivity index (χ1n) is 6.68. The highest BCUT2D eigenvalue weighted by atomic mass is 16.6. The molecular weight excluding hydrogens is 304 g/mol. The van der Waals surface area contributed by atoms with Crippen LogP contribution in [0.25, 0.3) is 10.9 Å². The van der Waals surface area contributed by atoms with Crippen molar-refractivity contribution >= 4 is 22.5 Å². The van der Waals surface area contributed by atoms with E-state index >= 15 is 0 Å². The number of nitro benzene ring substituents is 1. The van der Waals surface area contributed by atoms with E-state index in [4.69, 9.17) is 4.42 Å². The van der Waals surface area contributed by atoms with Crippen LogP contribution in [0.1, 0.15) is 22.3 Å². The van der Waals surface area contributed by atoms with Gasteiger partial charge in [-0.05, 0) is 18.2 Å². The highest BCUT2D eigenvalue weighted by Crippen LogP contribution is 2.23. The Morgan fingerprint density at radius 2 is 2.30 bits per heavy atom. The number of carbonyl (C=O) groups excluding carboxylic acids is 1. The average molecular weight is 316 g/mol. The molecule has 3 aromatic rings. The van der Waals surface area contributed by atoms with Crippen LogP contribution in [0.5, 0.6) is 0 Å². The van der Waals surface area contributed by atoms with E-state index < -0.39 is 16.9 Å². The van der Waals surface area contributed by atoms with Gasteiger partial charge < -0.3 is 14.8 Å². The van der Waals surface area contributed by atoms with Crippen molar-refractivity contribution in [3.05, 3.63) is 58.2 Å². The largest absolute Gasteiger partial charge is 0.467 e. The number of hydrogen-bond donors (Lipinski definition) is 3. The number of hydrogen-bond acceptors (Lipinski definition) is 6. The van der Waals surface area contributed by atoms with Gasteiger partial charge in [-0.25, -0.2) is 0 Å². The van der Waals surface area contributed by atoms with Crippen LogP contribution >= 0.6 is 0 Å². The second-order valence-electron chi connectivity index (χ2n) is 4.78. The number of amides is 1. The normalized spacial score (nSPS) is 12.2. The summed E-state index contributed by atoms with van der Waals surface area (Å²) >= 11 is 0. The van der Waals surface area contributed by atoms with E-state index in [0.29, 0.717) is 16.7 Å². The molecule has 0 aliphatic rings. The van der Waals surface area contributed by atoms with Gasteiger partial charge in [-0.1, -0.05) is 0 Å². The number of non-ortho nitro benzene ring substituents is 1. The maximum absolute atomic E-state index is 12.3. The molecule has 0 saturated heterocycles. The van der Waals surface area contributed by atoms with Gasteiger partial charge in [0.05, 0.1) is 23.3 Å². The lowest BCUT2D eigenvalue weighted by molar-refractivity contribution is -0.384. The number of nitro groups is 1. The Bertz CT molecular complexity index is 855. The third kappa shape index (κ3) is 2.77. The fourth-order valence-corrected chi connectivity index (χ4v) is 2.21. The van der Waals surface area contributed by atoms with Crippen molar-refractivity contribution in [2.24, 2.45) is 0 Å². The van der Waals surface area contributed by atoms with Crippen LogP contribution in [0.15, 0.2) is 41.0 Å². The second-order valence-corrected chi connectivity index (χ2v) is 4.78. The number of aliphatic hydroxyl groups excluding tert-OH is 1. The molecule has 1 atom stereocenters. The molecule has 1 amide bonds. The summed E-state index contributed by atoms with van der Waals surface area (Å²) in [7, 11) is 0. The van der Waals surface area contributed by atoms with E-state index in [9.17, 15) is 20.0 Å². The summed E-state index contributed by atoms with van der Waals surface area (Å²) < 4.78 is 5.15. The minimum Gasteiger partial charge on any atom is -0.467 e. The molecule has 23 heavy (non-hydrogen) atoms. The van der Waals surface area contributed by atoms with E-state index in [0.717, 1.165) is 0 Å². The molecule has 2 heterocycles. The minimum absolute atomic E-state index is 0.00806. The Balaban J connectivity index is 1.91. The predicted octanol–water partition coefficient (Wildman–Crippen LogP) is 1.53. The molecule has 0 bridgehead atoms. The smallest absolute Gasteiger partial charge is 0.273 e. The SMILES string of the molecule is O=C(NC(CO)c1ccco1)c1n[nH]c2ccc([N+](=O)[O-])cc12. The van der Waals surface area contributed by atoms with Crippen LogP contribution in [-0.2, 0) is 0 Å². The summed E-state index contributed by atoms with van der Waals surface area (Å²) in [6.45, 7) is -0.359. The Morgan fingerprint density at radius 1 is 1.48 bits per heavy atom. The summed E-state index contributed by atoms with van der Waals surface area (Å²) in [5.74, 6) is -0.182. The zero-order chi connectivity index (χ0) is 16.4. The van der Waals surface area contributed by atoms with Crippen LogP contribution in [0.3, 0.4) is 0 Å². The fraction of sp³-hybridized carbons (Fsp3) is 0.143. The van der Waals surface area contributed by atoms with Crippen molar-refractivity contribution in [2.45, 2.75) is 6.04 Å². The maximum atomic E-state index is 12.3. The van der Waals surface area contributed by atoms with Crippen LogP contribution < -0.4 is 5.32 Å². The van der Waals surface area contributed by atoms with E-state index in [1.807, 2.05) is 0 Å². The molecule has 0 saturated carbocycles. The lowest BCUT2D eigenvalue weighted by Crippen LogP contribution is -2.30. The van der Waals surface area contributed by atoms with Crippen molar-refractivity contribution in [1.82, 2.24) is 15.5 Å². The van der Waals surface area contributed by atoms with E-state index in [2.05, 4.69) is 15.5 Å². The second kappa shape index (κ2) is 5.89. The Morgan fingerprint density at radius 3 is 2.96 bits per heavy atom. The van der Waals surface area contributed by atoms with Crippen molar-refractivity contribution in [2.75, 3.05) is 6.61 Å². The molecule has 0 aliphatic carbocycles. The number of fused-ring (bicyclic) bond motifs is 1. The highest BCUT2D eigenvalue weighted by molar-refractivity contribution is 6.05. The van der Waals surface area contributed by atoms with Crippen LogP contribution in [0.4, 0.5) is 5.69 Å². The Hall–Kier alpha value is -3.20. The Kier molecular flexibility index (Phi) is 3.77. The van der Waals surface area contributed by atoms with Crippen LogP contribution in [0, 0.1) is 10.1 Å². The molecule has 3 N–H and O–H groups in total. The summed E-state index contributed by atoms with van der Waals surface area (Å²) in [6.07, 6.45) is 1.43. The average Bonchev–Trinajstić information content (AvgIpc) is 3.20. The molecule has 0 spiro atoms. The van der Waals surface area contributed by atoms with Gasteiger partial charge in [0.1, 0.15) is 11.8 Å². The number of aromatic amines is 1. The van der Waals surface area contributed by atoms with E-state index in [-0.39, 0.29) is 18.0 Å². The predicted molar refractivity (Wildman–Crippen MR) is 78.7 cm³/mol. The molecule has 1 aromatic carbocycles. The number of H-pyrrole nitrogens is 1. The van der Waals surface area contributed by atoms with Crippen molar-refractivity contribution in [3.8, 4) is 0 Å². The monoisotopic (exact) mass is 316 g/mol. The number of carbonyl (C=O) groups is 1. The molecule has 3 rings (SSSR count).